The fourth-order valence-electron chi connectivity index (χ4n) is 6.11. The van der Waals surface area contributed by atoms with Crippen molar-refractivity contribution in [1.82, 2.24) is 4.57 Å². The Bertz CT molecular complexity index is 1260. The fourth-order valence-corrected chi connectivity index (χ4v) is 9.39. The van der Waals surface area contributed by atoms with E-state index < -0.39 is 0 Å². The molecular weight excluding hydrogens is 472 g/mol. The van der Waals surface area contributed by atoms with Gasteiger partial charge in [0.25, 0.3) is 0 Å². The van der Waals surface area contributed by atoms with Gasteiger partial charge in [-0.1, -0.05) is 52.8 Å². The summed E-state index contributed by atoms with van der Waals surface area (Å²) in [6.07, 6.45) is 3.86. The summed E-state index contributed by atoms with van der Waals surface area (Å²) >= 11 is 9.37. The SMILES string of the molecule is Cc1ccc(NC(=O)Cn2c3c(sc2=O)[C@H](c2ccc(Cl)cc2)[C@@H]2[C@H]4CC[C@@H](C4)[C@H]2S3)cc1. The maximum atomic E-state index is 13.1. The molecule has 3 aromatic rings. The van der Waals surface area contributed by atoms with Crippen molar-refractivity contribution in [2.75, 3.05) is 5.32 Å². The predicted octanol–water partition coefficient (Wildman–Crippen LogP) is 6.16. The molecule has 2 aromatic carbocycles. The van der Waals surface area contributed by atoms with E-state index in [-0.39, 0.29) is 23.2 Å². The quantitative estimate of drug-likeness (QED) is 0.470. The molecule has 0 unspecified atom stereocenters. The van der Waals surface area contributed by atoms with Gasteiger partial charge in [0.1, 0.15) is 6.54 Å². The third kappa shape index (κ3) is 3.76. The summed E-state index contributed by atoms with van der Waals surface area (Å²) in [5.41, 5.74) is 3.13. The topological polar surface area (TPSA) is 51.1 Å². The largest absolute Gasteiger partial charge is 0.325 e. The molecule has 6 rings (SSSR count). The number of fused-ring (bicyclic) bond motifs is 6. The van der Waals surface area contributed by atoms with Crippen LogP contribution in [0.1, 0.15) is 41.2 Å². The van der Waals surface area contributed by atoms with Crippen LogP contribution in [-0.2, 0) is 11.3 Å². The highest BCUT2D eigenvalue weighted by Gasteiger charge is 2.55. The molecule has 3 aliphatic rings. The van der Waals surface area contributed by atoms with E-state index in [1.165, 1.54) is 36.2 Å². The maximum absolute atomic E-state index is 13.1. The van der Waals surface area contributed by atoms with Crippen LogP contribution >= 0.6 is 34.7 Å². The number of thioether (sulfide) groups is 1. The molecule has 4 nitrogen and oxygen atoms in total. The Balaban J connectivity index is 1.36. The maximum Gasteiger partial charge on any atom is 0.308 e. The minimum atomic E-state index is -0.166. The van der Waals surface area contributed by atoms with E-state index in [0.29, 0.717) is 17.1 Å². The average Bonchev–Trinajstić information content (AvgIpc) is 3.49. The number of rotatable bonds is 4. The number of nitrogens with one attached hydrogen (secondary N) is 1. The van der Waals surface area contributed by atoms with Crippen LogP contribution < -0.4 is 10.2 Å². The highest BCUT2D eigenvalue weighted by Crippen LogP contribution is 2.64. The molecule has 170 valence electrons. The normalized spacial score (nSPS) is 27.3. The van der Waals surface area contributed by atoms with Gasteiger partial charge in [-0.05, 0) is 73.8 Å². The van der Waals surface area contributed by atoms with Crippen LogP contribution in [-0.4, -0.2) is 15.7 Å². The van der Waals surface area contributed by atoms with Crippen molar-refractivity contribution < 1.29 is 4.79 Å². The first kappa shape index (κ1) is 21.5. The highest BCUT2D eigenvalue weighted by atomic mass is 35.5. The fraction of sp³-hybridized carbons (Fsp3) is 0.385. The van der Waals surface area contributed by atoms with Crippen LogP contribution in [0.4, 0.5) is 5.69 Å². The number of aryl methyl sites for hydroxylation is 1. The van der Waals surface area contributed by atoms with Crippen molar-refractivity contribution >= 4 is 46.3 Å². The molecule has 5 atom stereocenters. The second-order valence-corrected chi connectivity index (χ2v) is 12.2. The highest BCUT2D eigenvalue weighted by molar-refractivity contribution is 8.00. The van der Waals surface area contributed by atoms with Gasteiger partial charge in [-0.2, -0.15) is 0 Å². The summed E-state index contributed by atoms with van der Waals surface area (Å²) in [6, 6.07) is 15.9. The summed E-state index contributed by atoms with van der Waals surface area (Å²) in [4.78, 5) is 27.1. The minimum absolute atomic E-state index is 0.0437. The van der Waals surface area contributed by atoms with Gasteiger partial charge in [-0.25, -0.2) is 0 Å². The molecule has 2 fully saturated rings. The second kappa shape index (κ2) is 8.33. The molecule has 1 aliphatic heterocycles. The molecule has 2 aliphatic carbocycles. The molecule has 33 heavy (non-hydrogen) atoms. The summed E-state index contributed by atoms with van der Waals surface area (Å²) in [5, 5.41) is 5.18. The first-order valence-electron chi connectivity index (χ1n) is 11.5. The van der Waals surface area contributed by atoms with E-state index in [2.05, 4.69) is 17.4 Å². The molecule has 2 heterocycles. The number of aromatic nitrogens is 1. The van der Waals surface area contributed by atoms with Gasteiger partial charge in [-0.3, -0.25) is 14.2 Å². The number of hydrogen-bond donors (Lipinski definition) is 1. The Morgan fingerprint density at radius 3 is 2.58 bits per heavy atom. The number of hydrogen-bond acceptors (Lipinski definition) is 4. The van der Waals surface area contributed by atoms with E-state index in [9.17, 15) is 9.59 Å². The summed E-state index contributed by atoms with van der Waals surface area (Å²) in [7, 11) is 0. The molecule has 2 bridgehead atoms. The standard InChI is InChI=1S/C26H25ClN2O2S2/c1-14-2-10-19(11-3-14)28-20(30)13-29-25-24(33-26(29)31)21(15-6-8-18(27)9-7-15)22-16-4-5-17(12-16)23(22)32-25/h2-3,6-11,16-17,21-23H,4-5,12-13H2,1H3,(H,28,30)/t16-,17-,21+,22-,23+/m0/s1. The lowest BCUT2D eigenvalue weighted by molar-refractivity contribution is -0.116. The number of halogens is 1. The van der Waals surface area contributed by atoms with Crippen LogP contribution in [0.2, 0.25) is 5.02 Å². The van der Waals surface area contributed by atoms with Crippen molar-refractivity contribution in [2.45, 2.75) is 48.9 Å². The van der Waals surface area contributed by atoms with E-state index in [1.807, 2.05) is 55.1 Å². The van der Waals surface area contributed by atoms with Gasteiger partial charge in [0.2, 0.25) is 5.91 Å². The predicted molar refractivity (Wildman–Crippen MR) is 136 cm³/mol. The first-order valence-corrected chi connectivity index (χ1v) is 13.6. The van der Waals surface area contributed by atoms with Crippen molar-refractivity contribution in [3.63, 3.8) is 0 Å². The molecule has 1 N–H and O–H groups in total. The number of nitrogens with zero attached hydrogens (tertiary/aromatic N) is 1. The zero-order valence-corrected chi connectivity index (χ0v) is 20.7. The van der Waals surface area contributed by atoms with Crippen LogP contribution in [0, 0.1) is 24.7 Å². The van der Waals surface area contributed by atoms with Crippen LogP contribution in [0.3, 0.4) is 0 Å². The van der Waals surface area contributed by atoms with Crippen LogP contribution in [0.15, 0.2) is 58.4 Å². The minimum Gasteiger partial charge on any atom is -0.325 e. The number of amides is 1. The molecule has 2 saturated carbocycles. The van der Waals surface area contributed by atoms with Crippen LogP contribution in [0.5, 0.6) is 0 Å². The van der Waals surface area contributed by atoms with Crippen molar-refractivity contribution in [1.29, 1.82) is 0 Å². The molecule has 1 amide bonds. The third-order valence-corrected chi connectivity index (χ3v) is 10.6. The van der Waals surface area contributed by atoms with Crippen molar-refractivity contribution in [3.05, 3.63) is 79.2 Å². The van der Waals surface area contributed by atoms with E-state index in [0.717, 1.165) is 32.1 Å². The Morgan fingerprint density at radius 1 is 1.09 bits per heavy atom. The zero-order valence-electron chi connectivity index (χ0n) is 18.3. The molecule has 1 aromatic heterocycles. The number of carbonyl (C=O) groups excluding carboxylic acids is 1. The number of anilines is 1. The summed E-state index contributed by atoms with van der Waals surface area (Å²) in [6.45, 7) is 2.06. The summed E-state index contributed by atoms with van der Waals surface area (Å²) in [5.74, 6) is 2.02. The summed E-state index contributed by atoms with van der Waals surface area (Å²) < 4.78 is 1.71. The number of benzene rings is 2. The monoisotopic (exact) mass is 496 g/mol. The Hall–Kier alpha value is -2.02. The lowest BCUT2D eigenvalue weighted by Crippen LogP contribution is -2.34. The van der Waals surface area contributed by atoms with E-state index >= 15 is 0 Å². The average molecular weight is 497 g/mol. The molecule has 0 spiro atoms. The van der Waals surface area contributed by atoms with Gasteiger partial charge in [0, 0.05) is 26.8 Å². The molecule has 0 radical (unpaired) electrons. The van der Waals surface area contributed by atoms with Gasteiger partial charge >= 0.3 is 4.87 Å². The molecular formula is C26H25ClN2O2S2. The zero-order chi connectivity index (χ0) is 22.7. The van der Waals surface area contributed by atoms with E-state index in [4.69, 9.17) is 11.6 Å². The Labute approximate surface area is 206 Å². The second-order valence-electron chi connectivity index (χ2n) is 9.56. The van der Waals surface area contributed by atoms with Gasteiger partial charge in [0.05, 0.1) is 5.03 Å². The molecule has 7 heteroatoms. The third-order valence-electron chi connectivity index (χ3n) is 7.56. The van der Waals surface area contributed by atoms with Gasteiger partial charge in [0.15, 0.2) is 0 Å². The van der Waals surface area contributed by atoms with Gasteiger partial charge in [-0.15, -0.1) is 11.8 Å². The molecule has 0 saturated heterocycles. The Kier molecular flexibility index (Phi) is 5.43. The number of carbonyl (C=O) groups is 1. The van der Waals surface area contributed by atoms with Crippen molar-refractivity contribution in [2.24, 2.45) is 17.8 Å². The van der Waals surface area contributed by atoms with Crippen LogP contribution in [0.25, 0.3) is 0 Å². The van der Waals surface area contributed by atoms with Crippen molar-refractivity contribution in [3.8, 4) is 0 Å². The Morgan fingerprint density at radius 2 is 1.82 bits per heavy atom. The number of thiazole rings is 1. The van der Waals surface area contributed by atoms with E-state index in [1.54, 1.807) is 4.57 Å². The van der Waals surface area contributed by atoms with Gasteiger partial charge < -0.3 is 5.32 Å². The smallest absolute Gasteiger partial charge is 0.308 e. The lowest BCUT2D eigenvalue weighted by Gasteiger charge is -2.40. The first-order chi connectivity index (χ1) is 16.0. The lowest BCUT2D eigenvalue weighted by atomic mass is 9.75.